The van der Waals surface area contributed by atoms with Crippen LogP contribution in [0.5, 0.6) is 0 Å². The average molecular weight is 281 g/mol. The van der Waals surface area contributed by atoms with Crippen LogP contribution >= 0.6 is 0 Å². The molecule has 0 saturated heterocycles. The van der Waals surface area contributed by atoms with Gasteiger partial charge in [0.1, 0.15) is 5.69 Å². The number of aromatic nitrogens is 2. The monoisotopic (exact) mass is 281 g/mol. The van der Waals surface area contributed by atoms with E-state index in [0.29, 0.717) is 17.9 Å². The first-order valence-corrected chi connectivity index (χ1v) is 6.88. The lowest BCUT2D eigenvalue weighted by Crippen LogP contribution is -2.35. The van der Waals surface area contributed by atoms with E-state index in [0.717, 1.165) is 6.42 Å². The van der Waals surface area contributed by atoms with Crippen molar-refractivity contribution in [3.05, 3.63) is 11.9 Å². The van der Waals surface area contributed by atoms with E-state index in [1.165, 1.54) is 10.9 Å². The summed E-state index contributed by atoms with van der Waals surface area (Å²) in [5.41, 5.74) is 6.39. The number of hydrogen-bond acceptors (Lipinski definition) is 4. The molecule has 112 valence electrons. The Bertz CT molecular complexity index is 469. The first-order chi connectivity index (χ1) is 9.49. The van der Waals surface area contributed by atoms with Gasteiger partial charge in [0.2, 0.25) is 5.91 Å². The fourth-order valence-electron chi connectivity index (χ4n) is 1.71. The lowest BCUT2D eigenvalue weighted by Gasteiger charge is -2.12. The van der Waals surface area contributed by atoms with Gasteiger partial charge >= 0.3 is 0 Å². The standard InChI is InChI=1S/C13H23N5O2/c1-4-9(3)17-11(19)6-7-15-13(20)12-10(14)8-16-18(12)5-2/h8-9H,4-7,14H2,1-3H3,(H,15,20)(H,17,19). The number of amides is 2. The Kier molecular flexibility index (Phi) is 6.02. The van der Waals surface area contributed by atoms with Crippen LogP contribution in [0.25, 0.3) is 0 Å². The summed E-state index contributed by atoms with van der Waals surface area (Å²) in [4.78, 5) is 23.5. The van der Waals surface area contributed by atoms with Gasteiger partial charge in [0.25, 0.3) is 5.91 Å². The fraction of sp³-hybridized carbons (Fsp3) is 0.615. The van der Waals surface area contributed by atoms with Crippen LogP contribution in [0.1, 0.15) is 44.1 Å². The summed E-state index contributed by atoms with van der Waals surface area (Å²) in [5, 5.41) is 9.52. The topological polar surface area (TPSA) is 102 Å². The van der Waals surface area contributed by atoms with E-state index in [-0.39, 0.29) is 30.8 Å². The minimum Gasteiger partial charge on any atom is -0.396 e. The number of nitrogen functional groups attached to an aromatic ring is 1. The highest BCUT2D eigenvalue weighted by Crippen LogP contribution is 2.10. The molecule has 0 bridgehead atoms. The van der Waals surface area contributed by atoms with Crippen LogP contribution in [-0.2, 0) is 11.3 Å². The first-order valence-electron chi connectivity index (χ1n) is 6.88. The minimum atomic E-state index is -0.307. The zero-order chi connectivity index (χ0) is 15.1. The fourth-order valence-corrected chi connectivity index (χ4v) is 1.71. The average Bonchev–Trinajstić information content (AvgIpc) is 2.79. The number of anilines is 1. The Morgan fingerprint density at radius 1 is 1.45 bits per heavy atom. The predicted octanol–water partition coefficient (Wildman–Crippen LogP) is 0.520. The van der Waals surface area contributed by atoms with Crippen molar-refractivity contribution in [1.29, 1.82) is 0 Å². The number of carbonyl (C=O) groups excluding carboxylic acids is 2. The molecular weight excluding hydrogens is 258 g/mol. The SMILES string of the molecule is CCC(C)NC(=O)CCNC(=O)c1c(N)cnn1CC. The lowest BCUT2D eigenvalue weighted by atomic mass is 10.2. The number of nitrogens with one attached hydrogen (secondary N) is 2. The smallest absolute Gasteiger partial charge is 0.271 e. The highest BCUT2D eigenvalue weighted by molar-refractivity contribution is 5.97. The van der Waals surface area contributed by atoms with Crippen LogP contribution in [0.3, 0.4) is 0 Å². The van der Waals surface area contributed by atoms with Crippen molar-refractivity contribution in [2.75, 3.05) is 12.3 Å². The van der Waals surface area contributed by atoms with Gasteiger partial charge in [-0.25, -0.2) is 0 Å². The summed E-state index contributed by atoms with van der Waals surface area (Å²) in [7, 11) is 0. The molecule has 0 aliphatic carbocycles. The van der Waals surface area contributed by atoms with Gasteiger partial charge in [-0.1, -0.05) is 6.92 Å². The molecule has 0 spiro atoms. The zero-order valence-electron chi connectivity index (χ0n) is 12.3. The van der Waals surface area contributed by atoms with E-state index in [1.54, 1.807) is 0 Å². The molecular formula is C13H23N5O2. The number of nitrogens with zero attached hydrogens (tertiary/aromatic N) is 2. The van der Waals surface area contributed by atoms with Gasteiger partial charge in [0.15, 0.2) is 0 Å². The summed E-state index contributed by atoms with van der Waals surface area (Å²) < 4.78 is 1.53. The van der Waals surface area contributed by atoms with Crippen LogP contribution in [-0.4, -0.2) is 34.2 Å². The molecule has 1 unspecified atom stereocenters. The zero-order valence-corrected chi connectivity index (χ0v) is 12.3. The van der Waals surface area contributed by atoms with Crippen molar-refractivity contribution < 1.29 is 9.59 Å². The Hall–Kier alpha value is -2.05. The molecule has 0 aromatic carbocycles. The number of hydrogen-bond donors (Lipinski definition) is 3. The summed E-state index contributed by atoms with van der Waals surface area (Å²) in [6, 6.07) is 0.148. The van der Waals surface area contributed by atoms with Gasteiger partial charge in [-0.05, 0) is 20.3 Å². The summed E-state index contributed by atoms with van der Waals surface area (Å²) in [5.74, 6) is -0.380. The lowest BCUT2D eigenvalue weighted by molar-refractivity contribution is -0.121. The highest BCUT2D eigenvalue weighted by Gasteiger charge is 2.16. The molecule has 0 aliphatic rings. The minimum absolute atomic E-state index is 0.0726. The molecule has 7 heteroatoms. The van der Waals surface area contributed by atoms with Crippen molar-refractivity contribution in [3.63, 3.8) is 0 Å². The molecule has 1 aromatic rings. The Labute approximate surface area is 118 Å². The van der Waals surface area contributed by atoms with Crippen molar-refractivity contribution in [2.45, 2.75) is 46.2 Å². The second-order valence-electron chi connectivity index (χ2n) is 4.65. The van der Waals surface area contributed by atoms with E-state index in [1.807, 2.05) is 20.8 Å². The van der Waals surface area contributed by atoms with Gasteiger partial charge in [-0.3, -0.25) is 14.3 Å². The van der Waals surface area contributed by atoms with Crippen LogP contribution in [0, 0.1) is 0 Å². The molecule has 7 nitrogen and oxygen atoms in total. The molecule has 0 fully saturated rings. The maximum Gasteiger partial charge on any atom is 0.271 e. The summed E-state index contributed by atoms with van der Waals surface area (Å²) in [6.07, 6.45) is 2.58. The second kappa shape index (κ2) is 7.52. The second-order valence-corrected chi connectivity index (χ2v) is 4.65. The molecule has 2 amide bonds. The molecule has 1 atom stereocenters. The molecule has 0 radical (unpaired) electrons. The normalized spacial score (nSPS) is 11.9. The van der Waals surface area contributed by atoms with Crippen LogP contribution in [0.15, 0.2) is 6.20 Å². The van der Waals surface area contributed by atoms with Gasteiger partial charge in [-0.15, -0.1) is 0 Å². The molecule has 1 aromatic heterocycles. The van der Waals surface area contributed by atoms with Crippen molar-refractivity contribution in [2.24, 2.45) is 0 Å². The number of carbonyl (C=O) groups is 2. The van der Waals surface area contributed by atoms with E-state index in [4.69, 9.17) is 5.73 Å². The largest absolute Gasteiger partial charge is 0.396 e. The molecule has 1 heterocycles. The van der Waals surface area contributed by atoms with Gasteiger partial charge < -0.3 is 16.4 Å². The van der Waals surface area contributed by atoms with E-state index in [2.05, 4.69) is 15.7 Å². The van der Waals surface area contributed by atoms with Crippen LogP contribution in [0.2, 0.25) is 0 Å². The highest BCUT2D eigenvalue weighted by atomic mass is 16.2. The molecule has 0 saturated carbocycles. The summed E-state index contributed by atoms with van der Waals surface area (Å²) >= 11 is 0. The Morgan fingerprint density at radius 3 is 2.75 bits per heavy atom. The molecule has 1 rings (SSSR count). The van der Waals surface area contributed by atoms with E-state index < -0.39 is 0 Å². The number of rotatable bonds is 7. The molecule has 0 aliphatic heterocycles. The number of nitrogens with two attached hydrogens (primary N) is 1. The molecule has 20 heavy (non-hydrogen) atoms. The molecule has 4 N–H and O–H groups in total. The number of aryl methyl sites for hydroxylation is 1. The maximum absolute atomic E-state index is 12.0. The van der Waals surface area contributed by atoms with Gasteiger partial charge in [0.05, 0.1) is 11.9 Å². The Morgan fingerprint density at radius 2 is 2.15 bits per heavy atom. The van der Waals surface area contributed by atoms with Crippen molar-refractivity contribution in [1.82, 2.24) is 20.4 Å². The predicted molar refractivity (Wildman–Crippen MR) is 77.2 cm³/mol. The van der Waals surface area contributed by atoms with Gasteiger partial charge in [0, 0.05) is 25.6 Å². The van der Waals surface area contributed by atoms with Crippen molar-refractivity contribution in [3.8, 4) is 0 Å². The van der Waals surface area contributed by atoms with Crippen LogP contribution < -0.4 is 16.4 Å². The third-order valence-electron chi connectivity index (χ3n) is 3.04. The van der Waals surface area contributed by atoms with E-state index >= 15 is 0 Å². The van der Waals surface area contributed by atoms with E-state index in [9.17, 15) is 9.59 Å². The van der Waals surface area contributed by atoms with Crippen LogP contribution in [0.4, 0.5) is 5.69 Å². The first kappa shape index (κ1) is 16.0. The third kappa shape index (κ3) is 4.25. The third-order valence-corrected chi connectivity index (χ3v) is 3.04. The maximum atomic E-state index is 12.0. The summed E-state index contributed by atoms with van der Waals surface area (Å²) in [6.45, 7) is 6.66. The van der Waals surface area contributed by atoms with Gasteiger partial charge in [-0.2, -0.15) is 5.10 Å². The van der Waals surface area contributed by atoms with Crippen molar-refractivity contribution >= 4 is 17.5 Å². The quantitative estimate of drug-likeness (QED) is 0.678. The Balaban J connectivity index is 2.44.